The van der Waals surface area contributed by atoms with Crippen molar-refractivity contribution in [1.29, 1.82) is 0 Å². The Labute approximate surface area is 184 Å². The number of halogens is 1. The highest BCUT2D eigenvalue weighted by molar-refractivity contribution is 9.10. The van der Waals surface area contributed by atoms with Gasteiger partial charge in [0.2, 0.25) is 23.6 Å². The SMILES string of the molecule is CNC(=O)C(C)N(Cc1cccc(Br)c1)C(=O)CCN1C(=O)[C@H]2CC=CC[C@H]2C1=O. The smallest absolute Gasteiger partial charge is 0.242 e. The zero-order valence-electron chi connectivity index (χ0n) is 17.1. The topological polar surface area (TPSA) is 86.8 Å². The van der Waals surface area contributed by atoms with Crippen LogP contribution in [0.3, 0.4) is 0 Å². The van der Waals surface area contributed by atoms with E-state index in [2.05, 4.69) is 21.2 Å². The van der Waals surface area contributed by atoms with Crippen molar-refractivity contribution in [3.8, 4) is 0 Å². The van der Waals surface area contributed by atoms with Gasteiger partial charge in [-0.3, -0.25) is 24.1 Å². The fraction of sp³-hybridized carbons (Fsp3) is 0.455. The van der Waals surface area contributed by atoms with Crippen LogP contribution < -0.4 is 5.32 Å². The summed E-state index contributed by atoms with van der Waals surface area (Å²) in [5.41, 5.74) is 0.874. The van der Waals surface area contributed by atoms with Gasteiger partial charge >= 0.3 is 0 Å². The number of benzene rings is 1. The number of hydrogen-bond acceptors (Lipinski definition) is 4. The van der Waals surface area contributed by atoms with Crippen molar-refractivity contribution in [1.82, 2.24) is 15.1 Å². The highest BCUT2D eigenvalue weighted by Gasteiger charge is 2.47. The van der Waals surface area contributed by atoms with Gasteiger partial charge in [0, 0.05) is 31.0 Å². The van der Waals surface area contributed by atoms with Crippen molar-refractivity contribution in [2.24, 2.45) is 11.8 Å². The Morgan fingerprint density at radius 1 is 1.20 bits per heavy atom. The van der Waals surface area contributed by atoms with E-state index in [1.165, 1.54) is 16.8 Å². The summed E-state index contributed by atoms with van der Waals surface area (Å²) in [5, 5.41) is 2.57. The lowest BCUT2D eigenvalue weighted by molar-refractivity contribution is -0.143. The molecule has 0 saturated carbocycles. The summed E-state index contributed by atoms with van der Waals surface area (Å²) in [6.45, 7) is 1.96. The van der Waals surface area contributed by atoms with Crippen LogP contribution in [0, 0.1) is 11.8 Å². The number of imide groups is 1. The zero-order chi connectivity index (χ0) is 21.8. The van der Waals surface area contributed by atoms with Gasteiger partial charge in [0.1, 0.15) is 6.04 Å². The van der Waals surface area contributed by atoms with Gasteiger partial charge in [-0.25, -0.2) is 0 Å². The molecule has 4 amide bonds. The standard InChI is InChI=1S/C22H26BrN3O4/c1-14(20(28)24-2)26(13-15-6-5-7-16(23)12-15)19(27)10-11-25-21(29)17-8-3-4-9-18(17)22(25)30/h3-7,12,14,17-18H,8-11,13H2,1-2H3,(H,24,28)/t14?,17-,18+. The average molecular weight is 476 g/mol. The second-order valence-corrected chi connectivity index (χ2v) is 8.59. The van der Waals surface area contributed by atoms with E-state index in [4.69, 9.17) is 0 Å². The monoisotopic (exact) mass is 475 g/mol. The van der Waals surface area contributed by atoms with Crippen LogP contribution in [0.2, 0.25) is 0 Å². The quantitative estimate of drug-likeness (QED) is 0.483. The molecule has 1 aromatic rings. The van der Waals surface area contributed by atoms with Gasteiger partial charge in [-0.15, -0.1) is 0 Å². The number of fused-ring (bicyclic) bond motifs is 1. The van der Waals surface area contributed by atoms with E-state index in [9.17, 15) is 19.2 Å². The molecule has 2 aliphatic rings. The maximum absolute atomic E-state index is 13.1. The van der Waals surface area contributed by atoms with E-state index in [-0.39, 0.29) is 55.0 Å². The van der Waals surface area contributed by atoms with Crippen LogP contribution in [0.25, 0.3) is 0 Å². The number of allylic oxidation sites excluding steroid dienone is 2. The van der Waals surface area contributed by atoms with Crippen LogP contribution in [0.5, 0.6) is 0 Å². The van der Waals surface area contributed by atoms with Gasteiger partial charge in [-0.05, 0) is 37.5 Å². The van der Waals surface area contributed by atoms with Gasteiger partial charge in [0.05, 0.1) is 11.8 Å². The summed E-state index contributed by atoms with van der Waals surface area (Å²) >= 11 is 3.42. The maximum Gasteiger partial charge on any atom is 0.242 e. The molecule has 0 bridgehead atoms. The molecular weight excluding hydrogens is 450 g/mol. The second kappa shape index (κ2) is 9.55. The highest BCUT2D eigenvalue weighted by Crippen LogP contribution is 2.35. The van der Waals surface area contributed by atoms with Crippen LogP contribution in [0.15, 0.2) is 40.9 Å². The maximum atomic E-state index is 13.1. The van der Waals surface area contributed by atoms with Crippen molar-refractivity contribution in [3.05, 3.63) is 46.5 Å². The van der Waals surface area contributed by atoms with Crippen LogP contribution >= 0.6 is 15.9 Å². The van der Waals surface area contributed by atoms with Gasteiger partial charge < -0.3 is 10.2 Å². The number of carbonyl (C=O) groups excluding carboxylic acids is 4. The van der Waals surface area contributed by atoms with Crippen molar-refractivity contribution >= 4 is 39.6 Å². The number of likely N-dealkylation sites (tertiary alicyclic amines) is 1. The van der Waals surface area contributed by atoms with E-state index in [0.29, 0.717) is 12.8 Å². The number of rotatable bonds is 7. The van der Waals surface area contributed by atoms with Crippen LogP contribution in [-0.4, -0.2) is 53.1 Å². The molecule has 3 atom stereocenters. The fourth-order valence-electron chi connectivity index (χ4n) is 4.06. The molecule has 1 heterocycles. The summed E-state index contributed by atoms with van der Waals surface area (Å²) in [5.74, 6) is -1.55. The first-order chi connectivity index (χ1) is 14.3. The fourth-order valence-corrected chi connectivity index (χ4v) is 4.51. The summed E-state index contributed by atoms with van der Waals surface area (Å²) < 4.78 is 0.879. The van der Waals surface area contributed by atoms with Crippen LogP contribution in [-0.2, 0) is 25.7 Å². The minimum Gasteiger partial charge on any atom is -0.357 e. The molecule has 7 nitrogen and oxygen atoms in total. The summed E-state index contributed by atoms with van der Waals surface area (Å²) in [6.07, 6.45) is 5.00. The molecule has 1 saturated heterocycles. The third kappa shape index (κ3) is 4.64. The molecule has 0 spiro atoms. The third-order valence-corrected chi connectivity index (χ3v) is 6.30. The van der Waals surface area contributed by atoms with Crippen LogP contribution in [0.4, 0.5) is 0 Å². The molecule has 3 rings (SSSR count). The lowest BCUT2D eigenvalue weighted by Gasteiger charge is -2.29. The number of carbonyl (C=O) groups is 4. The zero-order valence-corrected chi connectivity index (χ0v) is 18.7. The Bertz CT molecular complexity index is 859. The van der Waals surface area contributed by atoms with Gasteiger partial charge in [-0.1, -0.05) is 40.2 Å². The van der Waals surface area contributed by atoms with Gasteiger partial charge in [0.15, 0.2) is 0 Å². The molecular formula is C22H26BrN3O4. The van der Waals surface area contributed by atoms with E-state index in [1.54, 1.807) is 6.92 Å². The molecule has 160 valence electrons. The van der Waals surface area contributed by atoms with E-state index in [0.717, 1.165) is 10.0 Å². The molecule has 0 aromatic heterocycles. The molecule has 1 unspecified atom stereocenters. The minimum absolute atomic E-state index is 0.0142. The normalized spacial score (nSPS) is 21.4. The number of nitrogens with zero attached hydrogens (tertiary/aromatic N) is 2. The number of amides is 4. The van der Waals surface area contributed by atoms with Gasteiger partial charge in [0.25, 0.3) is 0 Å². The first-order valence-electron chi connectivity index (χ1n) is 10.1. The first kappa shape index (κ1) is 22.2. The molecule has 0 radical (unpaired) electrons. The lowest BCUT2D eigenvalue weighted by Crippen LogP contribution is -2.47. The average Bonchev–Trinajstić information content (AvgIpc) is 2.99. The number of hydrogen-bond donors (Lipinski definition) is 1. The largest absolute Gasteiger partial charge is 0.357 e. The second-order valence-electron chi connectivity index (χ2n) is 7.68. The Morgan fingerprint density at radius 2 is 1.83 bits per heavy atom. The summed E-state index contributed by atoms with van der Waals surface area (Å²) in [4.78, 5) is 53.2. The summed E-state index contributed by atoms with van der Waals surface area (Å²) in [7, 11) is 1.53. The van der Waals surface area contributed by atoms with Crippen molar-refractivity contribution in [2.45, 2.75) is 38.8 Å². The Hall–Kier alpha value is -2.48. The van der Waals surface area contributed by atoms with Crippen molar-refractivity contribution in [2.75, 3.05) is 13.6 Å². The Morgan fingerprint density at radius 3 is 2.40 bits per heavy atom. The van der Waals surface area contributed by atoms with E-state index in [1.807, 2.05) is 36.4 Å². The number of likely N-dealkylation sites (N-methyl/N-ethyl adjacent to an activating group) is 1. The lowest BCUT2D eigenvalue weighted by atomic mass is 9.85. The molecule has 1 aliphatic heterocycles. The molecule has 1 fully saturated rings. The predicted molar refractivity (Wildman–Crippen MR) is 115 cm³/mol. The van der Waals surface area contributed by atoms with Gasteiger partial charge in [-0.2, -0.15) is 0 Å². The third-order valence-electron chi connectivity index (χ3n) is 5.80. The molecule has 1 aromatic carbocycles. The van der Waals surface area contributed by atoms with Crippen LogP contribution in [0.1, 0.15) is 31.7 Å². The Kier molecular flexibility index (Phi) is 7.07. The molecule has 1 N–H and O–H groups in total. The Balaban J connectivity index is 1.70. The first-order valence-corrected chi connectivity index (χ1v) is 10.9. The predicted octanol–water partition coefficient (Wildman–Crippen LogP) is 2.25. The van der Waals surface area contributed by atoms with Crippen molar-refractivity contribution in [3.63, 3.8) is 0 Å². The molecule has 8 heteroatoms. The minimum atomic E-state index is -0.682. The molecule has 30 heavy (non-hydrogen) atoms. The highest BCUT2D eigenvalue weighted by atomic mass is 79.9. The van der Waals surface area contributed by atoms with Crippen molar-refractivity contribution < 1.29 is 19.2 Å². The number of nitrogens with one attached hydrogen (secondary N) is 1. The van der Waals surface area contributed by atoms with E-state index < -0.39 is 6.04 Å². The van der Waals surface area contributed by atoms with E-state index >= 15 is 0 Å². The molecule has 1 aliphatic carbocycles. The summed E-state index contributed by atoms with van der Waals surface area (Å²) in [6, 6.07) is 6.84.